The number of hydrogen-bond acceptors (Lipinski definition) is 5. The summed E-state index contributed by atoms with van der Waals surface area (Å²) in [4.78, 5) is 16.0. The number of benzene rings is 2. The van der Waals surface area contributed by atoms with Crippen LogP contribution in [0.2, 0.25) is 0 Å². The minimum Gasteiger partial charge on any atom is -0.622 e. The van der Waals surface area contributed by atoms with E-state index in [1.54, 1.807) is 30.1 Å². The molecule has 0 N–H and O–H groups in total. The average molecular weight is 365 g/mol. The van der Waals surface area contributed by atoms with E-state index in [0.717, 1.165) is 4.74 Å². The highest BCUT2D eigenvalue weighted by Crippen LogP contribution is 2.35. The average Bonchev–Trinajstić information content (AvgIpc) is 3.19. The Morgan fingerprint density at radius 1 is 1.15 bits per heavy atom. The van der Waals surface area contributed by atoms with E-state index in [2.05, 4.69) is 10.3 Å². The van der Waals surface area contributed by atoms with Gasteiger partial charge in [0.1, 0.15) is 16.6 Å². The number of likely N-dealkylation sites (N-methyl/N-ethyl adjacent to an activating group) is 1. The van der Waals surface area contributed by atoms with Crippen molar-refractivity contribution in [1.29, 1.82) is 0 Å². The molecule has 2 aromatic carbocycles. The Kier molecular flexibility index (Phi) is 3.83. The number of nitrogens with zero attached hydrogens (tertiary/aromatic N) is 5. The molecule has 1 saturated heterocycles. The summed E-state index contributed by atoms with van der Waals surface area (Å²) in [5, 5.41) is 20.7. The first kappa shape index (κ1) is 17.0. The Morgan fingerprint density at radius 2 is 1.85 bits per heavy atom. The van der Waals surface area contributed by atoms with E-state index in [9.17, 15) is 10.0 Å². The largest absolute Gasteiger partial charge is 0.622 e. The molecule has 1 atom stereocenters. The number of anilines is 1. The molecule has 0 unspecified atom stereocenters. The number of urea groups is 1. The molecule has 0 saturated carbocycles. The lowest BCUT2D eigenvalue weighted by atomic mass is 10.0. The molecule has 1 aromatic heterocycles. The fourth-order valence-corrected chi connectivity index (χ4v) is 3.36. The van der Waals surface area contributed by atoms with E-state index in [1.807, 2.05) is 44.2 Å². The minimum atomic E-state index is -0.733. The van der Waals surface area contributed by atoms with Crippen LogP contribution in [0.5, 0.6) is 0 Å². The van der Waals surface area contributed by atoms with Crippen molar-refractivity contribution in [3.05, 3.63) is 59.3 Å². The molecule has 1 aliphatic heterocycles. The van der Waals surface area contributed by atoms with Crippen LogP contribution in [0.4, 0.5) is 10.5 Å². The SMILES string of the molecule is CN1C(=O)N(c2ccccc2)[C@@H]([N+]([O-])=Cc2ccc3nonc3c2)C1(C)C. The number of amides is 2. The third-order valence-corrected chi connectivity index (χ3v) is 5.06. The number of hydrogen-bond donors (Lipinski definition) is 0. The van der Waals surface area contributed by atoms with Crippen LogP contribution in [-0.4, -0.2) is 51.0 Å². The van der Waals surface area contributed by atoms with Crippen LogP contribution < -0.4 is 4.90 Å². The molecular formula is C19H19N5O3. The van der Waals surface area contributed by atoms with Crippen molar-refractivity contribution >= 4 is 29.0 Å². The molecule has 0 aliphatic carbocycles. The summed E-state index contributed by atoms with van der Waals surface area (Å²) in [6.07, 6.45) is 0.728. The lowest BCUT2D eigenvalue weighted by molar-refractivity contribution is -0.504. The van der Waals surface area contributed by atoms with Crippen molar-refractivity contribution in [2.45, 2.75) is 25.6 Å². The summed E-state index contributed by atoms with van der Waals surface area (Å²) < 4.78 is 5.52. The molecule has 0 bridgehead atoms. The van der Waals surface area contributed by atoms with Gasteiger partial charge in [0.25, 0.3) is 6.17 Å². The normalized spacial score (nSPS) is 19.9. The maximum Gasteiger partial charge on any atom is 0.330 e. The zero-order chi connectivity index (χ0) is 19.2. The lowest BCUT2D eigenvalue weighted by Gasteiger charge is -2.31. The molecule has 27 heavy (non-hydrogen) atoms. The van der Waals surface area contributed by atoms with E-state index in [1.165, 1.54) is 11.1 Å². The van der Waals surface area contributed by atoms with Crippen LogP contribution in [0.15, 0.2) is 53.2 Å². The van der Waals surface area contributed by atoms with E-state index in [4.69, 9.17) is 4.63 Å². The van der Waals surface area contributed by atoms with Crippen molar-refractivity contribution in [3.8, 4) is 0 Å². The first-order valence-corrected chi connectivity index (χ1v) is 8.54. The summed E-state index contributed by atoms with van der Waals surface area (Å²) in [5.74, 6) is 0. The van der Waals surface area contributed by atoms with Gasteiger partial charge < -0.3 is 10.1 Å². The van der Waals surface area contributed by atoms with Crippen molar-refractivity contribution in [2.75, 3.05) is 11.9 Å². The zero-order valence-electron chi connectivity index (χ0n) is 15.2. The van der Waals surface area contributed by atoms with E-state index >= 15 is 0 Å². The van der Waals surface area contributed by atoms with Crippen LogP contribution in [-0.2, 0) is 0 Å². The number of carbonyl (C=O) groups is 1. The Hall–Kier alpha value is -3.42. The molecule has 3 aromatic rings. The van der Waals surface area contributed by atoms with Gasteiger partial charge in [-0.15, -0.1) is 0 Å². The monoisotopic (exact) mass is 365 g/mol. The maximum absolute atomic E-state index is 13.2. The molecule has 2 heterocycles. The van der Waals surface area contributed by atoms with Gasteiger partial charge in [-0.1, -0.05) is 18.2 Å². The number of fused-ring (bicyclic) bond motifs is 1. The molecule has 2 amide bonds. The van der Waals surface area contributed by atoms with E-state index < -0.39 is 11.7 Å². The van der Waals surface area contributed by atoms with Crippen LogP contribution in [0.25, 0.3) is 11.0 Å². The molecule has 0 spiro atoms. The summed E-state index contributed by atoms with van der Waals surface area (Å²) in [6, 6.07) is 14.2. The second kappa shape index (κ2) is 6.08. The molecule has 8 heteroatoms. The molecule has 4 rings (SSSR count). The number of rotatable bonds is 3. The summed E-state index contributed by atoms with van der Waals surface area (Å²) in [5.41, 5.74) is 1.81. The topological polar surface area (TPSA) is 88.5 Å². The third kappa shape index (κ3) is 2.69. The smallest absolute Gasteiger partial charge is 0.330 e. The van der Waals surface area contributed by atoms with Gasteiger partial charge in [-0.05, 0) is 54.5 Å². The summed E-state index contributed by atoms with van der Waals surface area (Å²) in [7, 11) is 1.71. The molecular weight excluding hydrogens is 346 g/mol. The summed E-state index contributed by atoms with van der Waals surface area (Å²) >= 11 is 0. The van der Waals surface area contributed by atoms with Crippen molar-refractivity contribution in [2.24, 2.45) is 0 Å². The quantitative estimate of drug-likeness (QED) is 0.308. The highest BCUT2D eigenvalue weighted by atomic mass is 16.6. The van der Waals surface area contributed by atoms with Crippen LogP contribution in [0, 0.1) is 5.21 Å². The van der Waals surface area contributed by atoms with Gasteiger partial charge in [0.15, 0.2) is 6.21 Å². The van der Waals surface area contributed by atoms with Crippen molar-refractivity contribution in [1.82, 2.24) is 15.2 Å². The summed E-state index contributed by atoms with van der Waals surface area (Å²) in [6.45, 7) is 3.75. The van der Waals surface area contributed by atoms with Gasteiger partial charge in [0.05, 0.1) is 5.69 Å². The zero-order valence-corrected chi connectivity index (χ0v) is 15.2. The van der Waals surface area contributed by atoms with Gasteiger partial charge in [-0.2, -0.15) is 4.74 Å². The molecule has 1 aliphatic rings. The standard InChI is InChI=1S/C19H19N5O3/c1-19(2)17(24(18(25)22(19)3)14-7-5-4-6-8-14)23(26)12-13-9-10-15-16(11-13)21-27-20-15/h4-12,17H,1-3H3/t17-/m1/s1. The Morgan fingerprint density at radius 3 is 2.59 bits per heavy atom. The number of para-hydroxylation sites is 1. The van der Waals surface area contributed by atoms with Crippen LogP contribution in [0.3, 0.4) is 0 Å². The highest BCUT2D eigenvalue weighted by molar-refractivity contribution is 5.96. The second-order valence-electron chi connectivity index (χ2n) is 7.08. The predicted molar refractivity (Wildman–Crippen MR) is 101 cm³/mol. The Bertz CT molecular complexity index is 1030. The number of carbonyl (C=O) groups excluding carboxylic acids is 1. The second-order valence-corrected chi connectivity index (χ2v) is 7.08. The molecule has 138 valence electrons. The molecule has 1 fully saturated rings. The minimum absolute atomic E-state index is 0.221. The Balaban J connectivity index is 1.78. The Labute approximate surface area is 155 Å². The van der Waals surface area contributed by atoms with Gasteiger partial charge in [-0.3, -0.25) is 0 Å². The lowest BCUT2D eigenvalue weighted by Crippen LogP contribution is -2.51. The molecule has 8 nitrogen and oxygen atoms in total. The van der Waals surface area contributed by atoms with Crippen LogP contribution in [0.1, 0.15) is 19.4 Å². The van der Waals surface area contributed by atoms with Crippen LogP contribution >= 0.6 is 0 Å². The fourth-order valence-electron chi connectivity index (χ4n) is 3.36. The number of hydroxylamine groups is 1. The van der Waals surface area contributed by atoms with Gasteiger partial charge in [0.2, 0.25) is 0 Å². The van der Waals surface area contributed by atoms with Crippen molar-refractivity contribution in [3.63, 3.8) is 0 Å². The van der Waals surface area contributed by atoms with Gasteiger partial charge in [-0.25, -0.2) is 14.3 Å². The molecule has 0 radical (unpaired) electrons. The van der Waals surface area contributed by atoms with E-state index in [-0.39, 0.29) is 6.03 Å². The van der Waals surface area contributed by atoms with Crippen molar-refractivity contribution < 1.29 is 14.2 Å². The predicted octanol–water partition coefficient (Wildman–Crippen LogP) is 2.83. The third-order valence-electron chi connectivity index (χ3n) is 5.06. The fraction of sp³-hybridized carbons (Fsp3) is 0.263. The first-order valence-electron chi connectivity index (χ1n) is 8.54. The maximum atomic E-state index is 13.2. The number of aromatic nitrogens is 2. The van der Waals surface area contributed by atoms with Gasteiger partial charge >= 0.3 is 6.03 Å². The van der Waals surface area contributed by atoms with E-state index in [0.29, 0.717) is 22.3 Å². The highest BCUT2D eigenvalue weighted by Gasteiger charge is 2.55. The first-order chi connectivity index (χ1) is 12.9. The van der Waals surface area contributed by atoms with Gasteiger partial charge in [0, 0.05) is 12.6 Å².